The highest BCUT2D eigenvalue weighted by Gasteiger charge is 2.45. The zero-order chi connectivity index (χ0) is 17.7. The maximum absolute atomic E-state index is 12.2. The predicted molar refractivity (Wildman–Crippen MR) is 92.3 cm³/mol. The third-order valence-corrected chi connectivity index (χ3v) is 5.55. The van der Waals surface area contributed by atoms with Crippen LogP contribution >= 0.6 is 0 Å². The molecule has 1 fully saturated rings. The van der Waals surface area contributed by atoms with E-state index in [0.29, 0.717) is 13.2 Å². The molecule has 0 aliphatic heterocycles. The summed E-state index contributed by atoms with van der Waals surface area (Å²) in [7, 11) is 0.427. The molecule has 134 valence electrons. The van der Waals surface area contributed by atoms with Crippen LogP contribution in [0, 0.1) is 5.92 Å². The van der Waals surface area contributed by atoms with Crippen LogP contribution in [0.25, 0.3) is 0 Å². The molecule has 1 N–H and O–H groups in total. The largest absolute Gasteiger partial charge is 0.466 e. The third-order valence-electron chi connectivity index (χ3n) is 4.07. The Morgan fingerprint density at radius 1 is 1.29 bits per heavy atom. The Kier molecular flexibility index (Phi) is 6.37. The summed E-state index contributed by atoms with van der Waals surface area (Å²) in [6, 6.07) is 6.78. The molecule has 0 saturated heterocycles. The minimum Gasteiger partial charge on any atom is -0.466 e. The van der Waals surface area contributed by atoms with Gasteiger partial charge in [0.2, 0.25) is 10.0 Å². The maximum atomic E-state index is 12.2. The summed E-state index contributed by atoms with van der Waals surface area (Å²) in [5.41, 5.74) is 0.986. The molecule has 1 aromatic carbocycles. The molecular formula is C17H26N2O4S. The summed E-state index contributed by atoms with van der Waals surface area (Å²) in [5, 5.41) is 0. The van der Waals surface area contributed by atoms with Gasteiger partial charge in [0.1, 0.15) is 0 Å². The van der Waals surface area contributed by atoms with Gasteiger partial charge in [-0.3, -0.25) is 4.79 Å². The fraction of sp³-hybridized carbons (Fsp3) is 0.588. The highest BCUT2D eigenvalue weighted by molar-refractivity contribution is 7.89. The van der Waals surface area contributed by atoms with Crippen LogP contribution in [0.4, 0.5) is 0 Å². The molecule has 0 bridgehead atoms. The maximum Gasteiger partial charge on any atom is 0.309 e. The highest BCUT2D eigenvalue weighted by Crippen LogP contribution is 2.48. The van der Waals surface area contributed by atoms with Crippen molar-refractivity contribution in [3.05, 3.63) is 29.8 Å². The van der Waals surface area contributed by atoms with Crippen LogP contribution in [-0.2, 0) is 19.6 Å². The highest BCUT2D eigenvalue weighted by atomic mass is 32.2. The van der Waals surface area contributed by atoms with Gasteiger partial charge < -0.3 is 9.64 Å². The zero-order valence-corrected chi connectivity index (χ0v) is 15.3. The van der Waals surface area contributed by atoms with E-state index in [1.165, 1.54) is 0 Å². The molecule has 2 atom stereocenters. The number of sulfonamides is 1. The monoisotopic (exact) mass is 354 g/mol. The first-order valence-electron chi connectivity index (χ1n) is 8.26. The van der Waals surface area contributed by atoms with Crippen molar-refractivity contribution in [1.82, 2.24) is 9.62 Å². The first-order chi connectivity index (χ1) is 11.3. The summed E-state index contributed by atoms with van der Waals surface area (Å²) in [6.07, 6.45) is 1.53. The normalized spacial score (nSPS) is 20.2. The van der Waals surface area contributed by atoms with Crippen molar-refractivity contribution in [2.24, 2.45) is 5.92 Å². The predicted octanol–water partition coefficient (Wildman–Crippen LogP) is 1.58. The van der Waals surface area contributed by atoms with Crippen molar-refractivity contribution in [3.8, 4) is 0 Å². The van der Waals surface area contributed by atoms with Gasteiger partial charge in [0, 0.05) is 6.54 Å². The van der Waals surface area contributed by atoms with Crippen molar-refractivity contribution in [2.45, 2.75) is 30.6 Å². The number of benzene rings is 1. The summed E-state index contributed by atoms with van der Waals surface area (Å²) in [6.45, 7) is 3.42. The Morgan fingerprint density at radius 3 is 2.54 bits per heavy atom. The van der Waals surface area contributed by atoms with Gasteiger partial charge in [-0.2, -0.15) is 0 Å². The average Bonchev–Trinajstić information content (AvgIpc) is 3.32. The molecule has 2 rings (SSSR count). The molecule has 24 heavy (non-hydrogen) atoms. The molecular weight excluding hydrogens is 328 g/mol. The van der Waals surface area contributed by atoms with Crippen molar-refractivity contribution >= 4 is 16.0 Å². The van der Waals surface area contributed by atoms with Gasteiger partial charge in [-0.05, 0) is 64.0 Å². The molecule has 6 nitrogen and oxygen atoms in total. The summed E-state index contributed by atoms with van der Waals surface area (Å²) < 4.78 is 32.1. The Morgan fingerprint density at radius 2 is 1.96 bits per heavy atom. The smallest absolute Gasteiger partial charge is 0.309 e. The van der Waals surface area contributed by atoms with Crippen molar-refractivity contribution in [2.75, 3.05) is 33.8 Å². The molecule has 1 aromatic rings. The standard InChI is InChI=1S/C17H26N2O4S/c1-4-23-17(20)16-12-15(16)13-6-8-14(9-7-13)24(21,22)18-10-5-11-19(2)3/h6-9,15-16,18H,4-5,10-12H2,1-3H3/t15-,16+/m0/s1. The lowest BCUT2D eigenvalue weighted by molar-refractivity contribution is -0.144. The van der Waals surface area contributed by atoms with Gasteiger partial charge in [-0.15, -0.1) is 0 Å². The molecule has 1 aliphatic carbocycles. The molecule has 0 radical (unpaired) electrons. The van der Waals surface area contributed by atoms with Crippen LogP contribution in [0.5, 0.6) is 0 Å². The van der Waals surface area contributed by atoms with Crippen LogP contribution in [0.2, 0.25) is 0 Å². The lowest BCUT2D eigenvalue weighted by Crippen LogP contribution is -2.27. The lowest BCUT2D eigenvalue weighted by atomic mass is 10.1. The fourth-order valence-electron chi connectivity index (χ4n) is 2.65. The van der Waals surface area contributed by atoms with E-state index in [1.807, 2.05) is 19.0 Å². The summed E-state index contributed by atoms with van der Waals surface area (Å²) in [5.74, 6) is -0.104. The van der Waals surface area contributed by atoms with Crippen molar-refractivity contribution < 1.29 is 17.9 Å². The Bertz CT molecular complexity index is 656. The Labute approximate surface area is 144 Å². The summed E-state index contributed by atoms with van der Waals surface area (Å²) in [4.78, 5) is 13.9. The van der Waals surface area contributed by atoms with Gasteiger partial charge in [-0.25, -0.2) is 13.1 Å². The fourth-order valence-corrected chi connectivity index (χ4v) is 3.73. The second-order valence-corrected chi connectivity index (χ2v) is 8.09. The molecule has 0 amide bonds. The number of rotatable bonds is 9. The third kappa shape index (κ3) is 5.03. The van der Waals surface area contributed by atoms with E-state index in [9.17, 15) is 13.2 Å². The van der Waals surface area contributed by atoms with E-state index in [0.717, 1.165) is 24.9 Å². The van der Waals surface area contributed by atoms with Crippen molar-refractivity contribution in [1.29, 1.82) is 0 Å². The number of esters is 1. The second kappa shape index (κ2) is 8.09. The Balaban J connectivity index is 1.91. The lowest BCUT2D eigenvalue weighted by Gasteiger charge is -2.10. The topological polar surface area (TPSA) is 75.7 Å². The molecule has 0 spiro atoms. The van der Waals surface area contributed by atoms with Crippen LogP contribution < -0.4 is 4.72 Å². The molecule has 1 saturated carbocycles. The number of carbonyl (C=O) groups excluding carboxylic acids is 1. The Hall–Kier alpha value is -1.44. The van der Waals surface area contributed by atoms with Gasteiger partial charge in [0.15, 0.2) is 0 Å². The molecule has 0 heterocycles. The molecule has 0 aromatic heterocycles. The molecule has 7 heteroatoms. The van der Waals surface area contributed by atoms with Gasteiger partial charge in [0.05, 0.1) is 17.4 Å². The number of nitrogens with one attached hydrogen (secondary N) is 1. The molecule has 0 unspecified atom stereocenters. The number of hydrogen-bond acceptors (Lipinski definition) is 5. The van der Waals surface area contributed by atoms with E-state index in [2.05, 4.69) is 4.72 Å². The quantitative estimate of drug-likeness (QED) is 0.538. The van der Waals surface area contributed by atoms with E-state index in [-0.39, 0.29) is 22.7 Å². The van der Waals surface area contributed by atoms with Crippen LogP contribution in [0.15, 0.2) is 29.2 Å². The zero-order valence-electron chi connectivity index (χ0n) is 14.5. The van der Waals surface area contributed by atoms with Crippen LogP contribution in [-0.4, -0.2) is 53.1 Å². The van der Waals surface area contributed by atoms with E-state index < -0.39 is 10.0 Å². The average molecular weight is 354 g/mol. The number of carbonyl (C=O) groups is 1. The summed E-state index contributed by atoms with van der Waals surface area (Å²) >= 11 is 0. The minimum absolute atomic E-state index is 0.0865. The number of nitrogens with zero attached hydrogens (tertiary/aromatic N) is 1. The van der Waals surface area contributed by atoms with E-state index in [4.69, 9.17) is 4.74 Å². The van der Waals surface area contributed by atoms with Gasteiger partial charge in [0.25, 0.3) is 0 Å². The second-order valence-electron chi connectivity index (χ2n) is 6.32. The number of ether oxygens (including phenoxy) is 1. The first-order valence-corrected chi connectivity index (χ1v) is 9.74. The van der Waals surface area contributed by atoms with Gasteiger partial charge in [-0.1, -0.05) is 12.1 Å². The van der Waals surface area contributed by atoms with E-state index in [1.54, 1.807) is 31.2 Å². The number of hydrogen-bond donors (Lipinski definition) is 1. The van der Waals surface area contributed by atoms with Gasteiger partial charge >= 0.3 is 5.97 Å². The van der Waals surface area contributed by atoms with E-state index >= 15 is 0 Å². The molecule has 1 aliphatic rings. The minimum atomic E-state index is -3.48. The first kappa shape index (κ1) is 18.9. The van der Waals surface area contributed by atoms with Crippen LogP contribution in [0.3, 0.4) is 0 Å². The van der Waals surface area contributed by atoms with Crippen LogP contribution in [0.1, 0.15) is 31.2 Å². The van der Waals surface area contributed by atoms with Crippen molar-refractivity contribution in [3.63, 3.8) is 0 Å². The SMILES string of the molecule is CCOC(=O)[C@@H]1C[C@H]1c1ccc(S(=O)(=O)NCCCN(C)C)cc1.